The van der Waals surface area contributed by atoms with E-state index in [9.17, 15) is 8.78 Å². The fourth-order valence-electron chi connectivity index (χ4n) is 2.19. The van der Waals surface area contributed by atoms with Crippen LogP contribution in [0.3, 0.4) is 0 Å². The van der Waals surface area contributed by atoms with Gasteiger partial charge in [-0.2, -0.15) is 0 Å². The number of hydrogen-bond acceptors (Lipinski definition) is 2. The third-order valence-electron chi connectivity index (χ3n) is 3.80. The molecule has 22 heavy (non-hydrogen) atoms. The molecule has 0 aromatic rings. The molecule has 120 valence electrons. The van der Waals surface area contributed by atoms with Gasteiger partial charge >= 0.3 is 0 Å². The summed E-state index contributed by atoms with van der Waals surface area (Å²) in [5.41, 5.74) is 6.19. The monoisotopic (exact) mass is 306 g/mol. The van der Waals surface area contributed by atoms with Crippen LogP contribution in [0.5, 0.6) is 0 Å². The first-order chi connectivity index (χ1) is 10.3. The molecule has 1 rings (SSSR count). The third-order valence-corrected chi connectivity index (χ3v) is 3.80. The minimum absolute atomic E-state index is 0.0280. The van der Waals surface area contributed by atoms with Crippen LogP contribution in [0.1, 0.15) is 39.5 Å². The van der Waals surface area contributed by atoms with Crippen LogP contribution < -0.4 is 5.73 Å². The van der Waals surface area contributed by atoms with Crippen LogP contribution in [-0.2, 0) is 0 Å². The summed E-state index contributed by atoms with van der Waals surface area (Å²) in [6.07, 6.45) is 10.8. The molecule has 4 heteroatoms. The normalized spacial score (nSPS) is 16.9. The summed E-state index contributed by atoms with van der Waals surface area (Å²) in [6.45, 7) is 7.56. The first-order valence-corrected chi connectivity index (χ1v) is 7.37. The fraction of sp³-hybridized carbons (Fsp3) is 0.389. The van der Waals surface area contributed by atoms with Gasteiger partial charge in [-0.15, -0.1) is 0 Å². The molecule has 0 bridgehead atoms. The Morgan fingerprint density at radius 2 is 2.18 bits per heavy atom. The average Bonchev–Trinajstić information content (AvgIpc) is 2.50. The third kappa shape index (κ3) is 4.79. The van der Waals surface area contributed by atoms with E-state index in [1.54, 1.807) is 0 Å². The molecule has 0 amide bonds. The van der Waals surface area contributed by atoms with E-state index in [4.69, 9.17) is 11.1 Å². The molecule has 0 aromatic carbocycles. The fourth-order valence-corrected chi connectivity index (χ4v) is 2.19. The molecule has 0 saturated carbocycles. The number of rotatable bonds is 7. The van der Waals surface area contributed by atoms with Crippen molar-refractivity contribution in [1.82, 2.24) is 0 Å². The zero-order valence-electron chi connectivity index (χ0n) is 13.3. The van der Waals surface area contributed by atoms with Crippen molar-refractivity contribution in [3.05, 3.63) is 59.4 Å². The number of nitrogens with one attached hydrogen (secondary N) is 1. The molecular formula is C18H24F2N2. The standard InChI is InChI=1S/C18H24F2N2/c1-13(17(22)16(20)12-21)18(2,3)11-7-6-9-14-8-4-5-10-15(14)19/h4,7-8,11-12,21H,1,5-6,9-10,22H2,2-3H3/b11-7+,17-16+,21-12?. The van der Waals surface area contributed by atoms with E-state index in [0.29, 0.717) is 31.1 Å². The zero-order valence-corrected chi connectivity index (χ0v) is 13.3. The molecule has 0 heterocycles. The Kier molecular flexibility index (Phi) is 6.47. The number of nitrogens with two attached hydrogens (primary N) is 1. The topological polar surface area (TPSA) is 49.9 Å². The minimum Gasteiger partial charge on any atom is -0.396 e. The summed E-state index contributed by atoms with van der Waals surface area (Å²) in [4.78, 5) is 0. The second kappa shape index (κ2) is 7.87. The molecule has 0 saturated heterocycles. The van der Waals surface area contributed by atoms with E-state index in [1.165, 1.54) is 0 Å². The van der Waals surface area contributed by atoms with Gasteiger partial charge in [-0.05, 0) is 30.4 Å². The molecule has 0 fully saturated rings. The Labute approximate surface area is 131 Å². The second-order valence-corrected chi connectivity index (χ2v) is 5.92. The zero-order chi connectivity index (χ0) is 16.8. The molecule has 1 aliphatic rings. The molecular weight excluding hydrogens is 282 g/mol. The highest BCUT2D eigenvalue weighted by molar-refractivity contribution is 5.75. The van der Waals surface area contributed by atoms with Gasteiger partial charge in [0.25, 0.3) is 0 Å². The lowest BCUT2D eigenvalue weighted by Gasteiger charge is -2.24. The van der Waals surface area contributed by atoms with Crippen LogP contribution >= 0.6 is 0 Å². The van der Waals surface area contributed by atoms with Gasteiger partial charge in [0.15, 0.2) is 5.83 Å². The van der Waals surface area contributed by atoms with Crippen molar-refractivity contribution in [2.75, 3.05) is 0 Å². The quantitative estimate of drug-likeness (QED) is 0.376. The molecule has 2 nitrogen and oxygen atoms in total. The maximum atomic E-state index is 13.6. The molecule has 0 aliphatic heterocycles. The summed E-state index contributed by atoms with van der Waals surface area (Å²) in [5, 5.41) is 6.89. The predicted molar refractivity (Wildman–Crippen MR) is 88.9 cm³/mol. The molecule has 1 aliphatic carbocycles. The largest absolute Gasteiger partial charge is 0.396 e. The number of hydrogen-bond donors (Lipinski definition) is 2. The van der Waals surface area contributed by atoms with Crippen molar-refractivity contribution in [3.8, 4) is 0 Å². The van der Waals surface area contributed by atoms with Crippen molar-refractivity contribution in [2.45, 2.75) is 39.5 Å². The Morgan fingerprint density at radius 1 is 1.50 bits per heavy atom. The Balaban J connectivity index is 2.66. The molecule has 0 radical (unpaired) electrons. The van der Waals surface area contributed by atoms with Crippen molar-refractivity contribution >= 4 is 6.21 Å². The van der Waals surface area contributed by atoms with Crippen LogP contribution in [0.2, 0.25) is 0 Å². The van der Waals surface area contributed by atoms with Crippen molar-refractivity contribution in [1.29, 1.82) is 5.41 Å². The summed E-state index contributed by atoms with van der Waals surface area (Å²) >= 11 is 0. The number of halogens is 2. The summed E-state index contributed by atoms with van der Waals surface area (Å²) < 4.78 is 26.9. The second-order valence-electron chi connectivity index (χ2n) is 5.92. The Hall–Kier alpha value is -1.97. The lowest BCUT2D eigenvalue weighted by molar-refractivity contribution is 0.567. The van der Waals surface area contributed by atoms with Crippen LogP contribution in [0.25, 0.3) is 0 Å². The summed E-state index contributed by atoms with van der Waals surface area (Å²) in [5.74, 6) is -0.814. The van der Waals surface area contributed by atoms with Gasteiger partial charge in [-0.3, -0.25) is 0 Å². The molecule has 0 aromatic heterocycles. The molecule has 0 unspecified atom stereocenters. The van der Waals surface area contributed by atoms with Gasteiger partial charge < -0.3 is 11.1 Å². The molecule has 0 atom stereocenters. The van der Waals surface area contributed by atoms with Gasteiger partial charge in [0.2, 0.25) is 0 Å². The predicted octanol–water partition coefficient (Wildman–Crippen LogP) is 5.27. The Morgan fingerprint density at radius 3 is 2.77 bits per heavy atom. The van der Waals surface area contributed by atoms with Gasteiger partial charge in [0.05, 0.1) is 11.9 Å². The van der Waals surface area contributed by atoms with Crippen LogP contribution in [-0.4, -0.2) is 6.21 Å². The highest BCUT2D eigenvalue weighted by Gasteiger charge is 2.21. The van der Waals surface area contributed by atoms with Crippen molar-refractivity contribution in [3.63, 3.8) is 0 Å². The summed E-state index contributed by atoms with van der Waals surface area (Å²) in [7, 11) is 0. The van der Waals surface area contributed by atoms with E-state index in [1.807, 2.05) is 38.2 Å². The van der Waals surface area contributed by atoms with Gasteiger partial charge in [0.1, 0.15) is 5.83 Å². The first kappa shape index (κ1) is 18.1. The van der Waals surface area contributed by atoms with E-state index in [2.05, 4.69) is 6.58 Å². The lowest BCUT2D eigenvalue weighted by atomic mass is 9.82. The lowest BCUT2D eigenvalue weighted by Crippen LogP contribution is -2.18. The maximum Gasteiger partial charge on any atom is 0.163 e. The van der Waals surface area contributed by atoms with Crippen molar-refractivity contribution < 1.29 is 8.78 Å². The van der Waals surface area contributed by atoms with Crippen LogP contribution in [0, 0.1) is 10.8 Å². The molecule has 3 N–H and O–H groups in total. The van der Waals surface area contributed by atoms with E-state index >= 15 is 0 Å². The van der Waals surface area contributed by atoms with Crippen LogP contribution in [0.4, 0.5) is 8.78 Å². The van der Waals surface area contributed by atoms with Crippen LogP contribution in [0.15, 0.2) is 59.4 Å². The van der Waals surface area contributed by atoms with E-state index < -0.39 is 11.2 Å². The molecule has 0 spiro atoms. The highest BCUT2D eigenvalue weighted by atomic mass is 19.1. The average molecular weight is 306 g/mol. The first-order valence-electron chi connectivity index (χ1n) is 7.37. The van der Waals surface area contributed by atoms with Gasteiger partial charge in [-0.1, -0.05) is 44.7 Å². The van der Waals surface area contributed by atoms with E-state index in [0.717, 1.165) is 12.0 Å². The summed E-state index contributed by atoms with van der Waals surface area (Å²) in [6, 6.07) is 0. The highest BCUT2D eigenvalue weighted by Crippen LogP contribution is 2.32. The number of allylic oxidation sites excluding steroid dienone is 8. The smallest absolute Gasteiger partial charge is 0.163 e. The maximum absolute atomic E-state index is 13.6. The van der Waals surface area contributed by atoms with Gasteiger partial charge in [0, 0.05) is 11.8 Å². The Bertz CT molecular complexity index is 564. The van der Waals surface area contributed by atoms with Crippen molar-refractivity contribution in [2.24, 2.45) is 11.1 Å². The minimum atomic E-state index is -0.786. The van der Waals surface area contributed by atoms with Gasteiger partial charge in [-0.25, -0.2) is 8.78 Å². The SMILES string of the molecule is C=C(/C(N)=C(\F)C=N)C(C)(C)/C=C/CCC1=C(F)CCC=C1. The van der Waals surface area contributed by atoms with E-state index in [-0.39, 0.29) is 11.5 Å².